The van der Waals surface area contributed by atoms with Crippen LogP contribution in [0.4, 0.5) is 5.69 Å². The standard InChI is InChI=1S/C16H17N3O.ClH/c1-19-10-8-14(9-11-19)3-2-13-4-6-15(7-5-13)18-16(20)12-17;/h2-11H,12,17H2,1H3;1H. The van der Waals surface area contributed by atoms with E-state index in [-0.39, 0.29) is 24.9 Å². The first kappa shape index (κ1) is 16.9. The number of amides is 1. The first-order valence-electron chi connectivity index (χ1n) is 6.41. The third-order valence-electron chi connectivity index (χ3n) is 2.85. The summed E-state index contributed by atoms with van der Waals surface area (Å²) in [5.41, 5.74) is 8.22. The molecule has 2 aromatic rings. The molecule has 1 aromatic carbocycles. The summed E-state index contributed by atoms with van der Waals surface area (Å²) >= 11 is 0. The molecule has 0 saturated heterocycles. The fourth-order valence-corrected chi connectivity index (χ4v) is 1.71. The fraction of sp³-hybridized carbons (Fsp3) is 0.125. The predicted molar refractivity (Wildman–Crippen MR) is 80.7 cm³/mol. The van der Waals surface area contributed by atoms with Crippen LogP contribution in [-0.2, 0) is 11.8 Å². The monoisotopic (exact) mass is 303 g/mol. The van der Waals surface area contributed by atoms with Gasteiger partial charge in [-0.25, -0.2) is 4.57 Å². The summed E-state index contributed by atoms with van der Waals surface area (Å²) in [6.45, 7) is -0.00686. The molecule has 0 saturated carbocycles. The van der Waals surface area contributed by atoms with Crippen LogP contribution in [0, 0.1) is 0 Å². The maximum absolute atomic E-state index is 11.2. The molecule has 0 unspecified atom stereocenters. The number of benzene rings is 1. The van der Waals surface area contributed by atoms with Gasteiger partial charge in [0.15, 0.2) is 12.4 Å². The fourth-order valence-electron chi connectivity index (χ4n) is 1.71. The van der Waals surface area contributed by atoms with Crippen LogP contribution in [0.15, 0.2) is 48.8 Å². The van der Waals surface area contributed by atoms with Crippen molar-refractivity contribution in [3.63, 3.8) is 0 Å². The number of aromatic nitrogens is 1. The lowest BCUT2D eigenvalue weighted by atomic mass is 10.1. The Labute approximate surface area is 130 Å². The predicted octanol–water partition coefficient (Wildman–Crippen LogP) is -1.42. The van der Waals surface area contributed by atoms with Crippen LogP contribution < -0.4 is 28.0 Å². The van der Waals surface area contributed by atoms with Gasteiger partial charge in [-0.2, -0.15) is 0 Å². The molecular formula is C16H18ClN3O. The largest absolute Gasteiger partial charge is 1.00 e. The summed E-state index contributed by atoms with van der Waals surface area (Å²) < 4.78 is 1.99. The van der Waals surface area contributed by atoms with Gasteiger partial charge in [0.2, 0.25) is 5.91 Å². The minimum absolute atomic E-state index is 0. The highest BCUT2D eigenvalue weighted by Crippen LogP contribution is 2.12. The molecule has 5 heteroatoms. The molecule has 0 aliphatic heterocycles. The van der Waals surface area contributed by atoms with Gasteiger partial charge in [-0.3, -0.25) is 4.79 Å². The Balaban J connectivity index is 0.00000220. The van der Waals surface area contributed by atoms with Gasteiger partial charge in [0.1, 0.15) is 7.05 Å². The third kappa shape index (κ3) is 5.38. The number of aryl methyl sites for hydroxylation is 1. The molecular weight excluding hydrogens is 286 g/mol. The summed E-state index contributed by atoms with van der Waals surface area (Å²) in [6, 6.07) is 11.7. The van der Waals surface area contributed by atoms with E-state index in [0.717, 1.165) is 16.8 Å². The number of nitrogens with two attached hydrogens (primary N) is 1. The van der Waals surface area contributed by atoms with E-state index >= 15 is 0 Å². The van der Waals surface area contributed by atoms with Crippen molar-refractivity contribution in [1.29, 1.82) is 0 Å². The van der Waals surface area contributed by atoms with Crippen molar-refractivity contribution in [2.24, 2.45) is 12.8 Å². The zero-order chi connectivity index (χ0) is 14.4. The molecule has 0 bridgehead atoms. The van der Waals surface area contributed by atoms with E-state index in [4.69, 9.17) is 5.73 Å². The Morgan fingerprint density at radius 3 is 2.14 bits per heavy atom. The highest BCUT2D eigenvalue weighted by atomic mass is 35.5. The second kappa shape index (κ2) is 8.19. The van der Waals surface area contributed by atoms with Crippen LogP contribution in [0.1, 0.15) is 11.1 Å². The molecule has 0 atom stereocenters. The highest BCUT2D eigenvalue weighted by molar-refractivity contribution is 5.92. The highest BCUT2D eigenvalue weighted by Gasteiger charge is 1.98. The van der Waals surface area contributed by atoms with Gasteiger partial charge in [0.05, 0.1) is 6.54 Å². The zero-order valence-corrected chi connectivity index (χ0v) is 12.5. The van der Waals surface area contributed by atoms with Crippen LogP contribution in [-0.4, -0.2) is 12.5 Å². The minimum Gasteiger partial charge on any atom is -1.00 e. The van der Waals surface area contributed by atoms with Crippen LogP contribution >= 0.6 is 0 Å². The van der Waals surface area contributed by atoms with Crippen LogP contribution in [0.5, 0.6) is 0 Å². The number of hydrogen-bond donors (Lipinski definition) is 2. The molecule has 0 spiro atoms. The van der Waals surface area contributed by atoms with Crippen LogP contribution in [0.25, 0.3) is 12.2 Å². The lowest BCUT2D eigenvalue weighted by Gasteiger charge is -2.03. The van der Waals surface area contributed by atoms with Crippen molar-refractivity contribution >= 4 is 23.7 Å². The smallest absolute Gasteiger partial charge is 0.238 e. The molecule has 0 radical (unpaired) electrons. The Morgan fingerprint density at radius 1 is 1.10 bits per heavy atom. The number of pyridine rings is 1. The third-order valence-corrected chi connectivity index (χ3v) is 2.85. The average molecular weight is 304 g/mol. The molecule has 2 rings (SSSR count). The number of carbonyl (C=O) groups is 1. The summed E-state index contributed by atoms with van der Waals surface area (Å²) in [4.78, 5) is 11.2. The van der Waals surface area contributed by atoms with E-state index < -0.39 is 0 Å². The van der Waals surface area contributed by atoms with Gasteiger partial charge in [-0.15, -0.1) is 0 Å². The number of halogens is 1. The molecule has 1 heterocycles. The molecule has 3 N–H and O–H groups in total. The molecule has 0 aliphatic rings. The number of anilines is 1. The maximum atomic E-state index is 11.2. The van der Waals surface area contributed by atoms with Gasteiger partial charge in [-0.05, 0) is 23.3 Å². The Morgan fingerprint density at radius 2 is 1.62 bits per heavy atom. The summed E-state index contributed by atoms with van der Waals surface area (Å²) in [5, 5.41) is 2.71. The van der Waals surface area contributed by atoms with E-state index in [1.165, 1.54) is 0 Å². The topological polar surface area (TPSA) is 59.0 Å². The lowest BCUT2D eigenvalue weighted by Crippen LogP contribution is -3.00. The summed E-state index contributed by atoms with van der Waals surface area (Å²) in [7, 11) is 1.99. The van der Waals surface area contributed by atoms with Crippen LogP contribution in [0.2, 0.25) is 0 Å². The minimum atomic E-state index is -0.189. The second-order valence-corrected chi connectivity index (χ2v) is 4.50. The average Bonchev–Trinajstić information content (AvgIpc) is 2.48. The second-order valence-electron chi connectivity index (χ2n) is 4.50. The molecule has 1 aromatic heterocycles. The molecule has 4 nitrogen and oxygen atoms in total. The number of rotatable bonds is 4. The Bertz CT molecular complexity index is 606. The molecule has 0 aliphatic carbocycles. The van der Waals surface area contributed by atoms with E-state index in [0.29, 0.717) is 0 Å². The Kier molecular flexibility index (Phi) is 6.59. The van der Waals surface area contributed by atoms with Gasteiger partial charge in [0, 0.05) is 17.8 Å². The van der Waals surface area contributed by atoms with Crippen molar-refractivity contribution in [3.05, 3.63) is 59.9 Å². The molecule has 0 fully saturated rings. The quantitative estimate of drug-likeness (QED) is 0.682. The lowest BCUT2D eigenvalue weighted by molar-refractivity contribution is -0.671. The van der Waals surface area contributed by atoms with Gasteiger partial charge in [-0.1, -0.05) is 24.3 Å². The molecule has 110 valence electrons. The molecule has 1 amide bonds. The SMILES string of the molecule is C[n+]1ccc(C=Cc2ccc(NC(=O)CN)cc2)cc1.[Cl-]. The van der Waals surface area contributed by atoms with E-state index in [9.17, 15) is 4.79 Å². The van der Waals surface area contributed by atoms with Crippen LogP contribution in [0.3, 0.4) is 0 Å². The first-order valence-corrected chi connectivity index (χ1v) is 6.41. The number of carbonyl (C=O) groups excluding carboxylic acids is 1. The van der Waals surface area contributed by atoms with E-state index in [1.54, 1.807) is 0 Å². The maximum Gasteiger partial charge on any atom is 0.238 e. The Hall–Kier alpha value is -2.17. The van der Waals surface area contributed by atoms with Crippen molar-refractivity contribution in [3.8, 4) is 0 Å². The summed E-state index contributed by atoms with van der Waals surface area (Å²) in [6.07, 6.45) is 8.09. The van der Waals surface area contributed by atoms with Crippen molar-refractivity contribution in [2.45, 2.75) is 0 Å². The molecule has 21 heavy (non-hydrogen) atoms. The normalized spacial score (nSPS) is 10.2. The van der Waals surface area contributed by atoms with Crippen molar-refractivity contribution < 1.29 is 21.8 Å². The van der Waals surface area contributed by atoms with Crippen molar-refractivity contribution in [1.82, 2.24) is 0 Å². The summed E-state index contributed by atoms with van der Waals surface area (Å²) in [5.74, 6) is -0.189. The van der Waals surface area contributed by atoms with E-state index in [2.05, 4.69) is 5.32 Å². The number of nitrogens with one attached hydrogen (secondary N) is 1. The van der Waals surface area contributed by atoms with Gasteiger partial charge < -0.3 is 23.5 Å². The first-order chi connectivity index (χ1) is 9.67. The van der Waals surface area contributed by atoms with Gasteiger partial charge >= 0.3 is 0 Å². The number of nitrogens with zero attached hydrogens (tertiary/aromatic N) is 1. The zero-order valence-electron chi connectivity index (χ0n) is 11.8. The van der Waals surface area contributed by atoms with E-state index in [1.807, 2.05) is 72.6 Å². The number of hydrogen-bond acceptors (Lipinski definition) is 2. The van der Waals surface area contributed by atoms with Gasteiger partial charge in [0.25, 0.3) is 0 Å². The van der Waals surface area contributed by atoms with Crippen molar-refractivity contribution in [2.75, 3.05) is 11.9 Å².